The van der Waals surface area contributed by atoms with Gasteiger partial charge in [-0.1, -0.05) is 6.07 Å². The summed E-state index contributed by atoms with van der Waals surface area (Å²) in [7, 11) is 0. The molecule has 1 aliphatic rings. The van der Waals surface area contributed by atoms with Crippen LogP contribution in [-0.2, 0) is 4.74 Å². The van der Waals surface area contributed by atoms with E-state index in [4.69, 9.17) is 10.5 Å². The van der Waals surface area contributed by atoms with E-state index in [1.165, 1.54) is 6.07 Å². The zero-order valence-corrected chi connectivity index (χ0v) is 13.4. The largest absolute Gasteiger partial charge is 0.378 e. The fraction of sp³-hybridized carbons (Fsp3) is 0.562. The molecular formula is C16H23N3O4. The molecule has 0 aromatic heterocycles. The van der Waals surface area contributed by atoms with Crippen LogP contribution in [0.3, 0.4) is 0 Å². The molecule has 2 N–H and O–H groups in total. The van der Waals surface area contributed by atoms with E-state index >= 15 is 0 Å². The number of benzene rings is 1. The van der Waals surface area contributed by atoms with Crippen LogP contribution in [-0.4, -0.2) is 48.1 Å². The molecule has 126 valence electrons. The van der Waals surface area contributed by atoms with Crippen LogP contribution in [0.1, 0.15) is 35.2 Å². The highest BCUT2D eigenvalue weighted by Crippen LogP contribution is 2.24. The number of likely N-dealkylation sites (tertiary alicyclic amines) is 1. The maximum Gasteiger partial charge on any atom is 0.273 e. The number of carbonyl (C=O) groups excluding carboxylic acids is 1. The van der Waals surface area contributed by atoms with Crippen molar-refractivity contribution in [1.82, 2.24) is 4.90 Å². The van der Waals surface area contributed by atoms with Crippen molar-refractivity contribution < 1.29 is 14.5 Å². The van der Waals surface area contributed by atoms with E-state index < -0.39 is 4.92 Å². The summed E-state index contributed by atoms with van der Waals surface area (Å²) in [6.07, 6.45) is 2.57. The summed E-state index contributed by atoms with van der Waals surface area (Å²) in [6.45, 7) is 4.10. The van der Waals surface area contributed by atoms with E-state index in [-0.39, 0.29) is 17.7 Å². The van der Waals surface area contributed by atoms with Gasteiger partial charge in [0.15, 0.2) is 0 Å². The van der Waals surface area contributed by atoms with Gasteiger partial charge in [0.25, 0.3) is 11.6 Å². The van der Waals surface area contributed by atoms with Crippen LogP contribution in [0.15, 0.2) is 18.2 Å². The van der Waals surface area contributed by atoms with Crippen molar-refractivity contribution in [2.24, 2.45) is 5.73 Å². The van der Waals surface area contributed by atoms with E-state index in [2.05, 4.69) is 0 Å². The lowest BCUT2D eigenvalue weighted by atomic mass is 10.0. The van der Waals surface area contributed by atoms with Crippen LogP contribution in [0.4, 0.5) is 5.69 Å². The van der Waals surface area contributed by atoms with Crippen LogP contribution < -0.4 is 5.73 Å². The molecular weight excluding hydrogens is 298 g/mol. The summed E-state index contributed by atoms with van der Waals surface area (Å²) in [6, 6.07) is 4.62. The Morgan fingerprint density at radius 2 is 2.13 bits per heavy atom. The molecule has 0 unspecified atom stereocenters. The summed E-state index contributed by atoms with van der Waals surface area (Å²) < 4.78 is 5.72. The van der Waals surface area contributed by atoms with Gasteiger partial charge in [-0.15, -0.1) is 0 Å². The number of nitrogens with two attached hydrogens (primary N) is 1. The second-order valence-electron chi connectivity index (χ2n) is 5.71. The molecule has 0 atom stereocenters. The summed E-state index contributed by atoms with van der Waals surface area (Å²) in [4.78, 5) is 24.9. The SMILES string of the molecule is Cc1c(C(=O)N2CCC(OCCCN)CC2)cccc1[N+](=O)[O-]. The van der Waals surface area contributed by atoms with Crippen LogP contribution in [0.25, 0.3) is 0 Å². The Labute approximate surface area is 135 Å². The van der Waals surface area contributed by atoms with Crippen LogP contribution in [0.2, 0.25) is 0 Å². The van der Waals surface area contributed by atoms with Gasteiger partial charge in [-0.3, -0.25) is 14.9 Å². The Balaban J connectivity index is 1.98. The minimum Gasteiger partial charge on any atom is -0.378 e. The quantitative estimate of drug-likeness (QED) is 0.490. The number of hydrogen-bond donors (Lipinski definition) is 1. The Morgan fingerprint density at radius 1 is 1.43 bits per heavy atom. The lowest BCUT2D eigenvalue weighted by molar-refractivity contribution is -0.385. The fourth-order valence-corrected chi connectivity index (χ4v) is 2.78. The van der Waals surface area contributed by atoms with E-state index in [1.54, 1.807) is 24.0 Å². The number of amides is 1. The normalized spacial score (nSPS) is 15.7. The number of rotatable bonds is 6. The number of carbonyl (C=O) groups is 1. The molecule has 7 heteroatoms. The Bertz CT molecular complexity index is 568. The smallest absolute Gasteiger partial charge is 0.273 e. The van der Waals surface area contributed by atoms with E-state index in [0.29, 0.717) is 37.4 Å². The molecule has 0 radical (unpaired) electrons. The Morgan fingerprint density at radius 3 is 2.74 bits per heavy atom. The number of nitro benzene ring substituents is 1. The first kappa shape index (κ1) is 17.4. The molecule has 0 aliphatic carbocycles. The molecule has 23 heavy (non-hydrogen) atoms. The molecule has 7 nitrogen and oxygen atoms in total. The van der Waals surface area contributed by atoms with E-state index in [0.717, 1.165) is 19.3 Å². The number of nitrogens with zero attached hydrogens (tertiary/aromatic N) is 2. The number of hydrogen-bond acceptors (Lipinski definition) is 5. The maximum atomic E-state index is 12.6. The monoisotopic (exact) mass is 321 g/mol. The number of piperidine rings is 1. The first-order chi connectivity index (χ1) is 11.0. The van der Waals surface area contributed by atoms with Crippen molar-refractivity contribution in [2.45, 2.75) is 32.3 Å². The van der Waals surface area contributed by atoms with Crippen LogP contribution in [0, 0.1) is 17.0 Å². The van der Waals surface area contributed by atoms with Crippen molar-refractivity contribution in [1.29, 1.82) is 0 Å². The van der Waals surface area contributed by atoms with Crippen molar-refractivity contribution in [3.63, 3.8) is 0 Å². The average molecular weight is 321 g/mol. The predicted molar refractivity (Wildman–Crippen MR) is 86.4 cm³/mol. The topological polar surface area (TPSA) is 98.7 Å². The van der Waals surface area contributed by atoms with Crippen molar-refractivity contribution >= 4 is 11.6 Å². The number of nitro groups is 1. The maximum absolute atomic E-state index is 12.6. The molecule has 0 bridgehead atoms. The van der Waals surface area contributed by atoms with E-state index in [1.807, 2.05) is 0 Å². The highest BCUT2D eigenvalue weighted by atomic mass is 16.6. The molecule has 1 aliphatic heterocycles. The highest BCUT2D eigenvalue weighted by molar-refractivity contribution is 5.96. The van der Waals surface area contributed by atoms with Crippen LogP contribution >= 0.6 is 0 Å². The van der Waals surface area contributed by atoms with Gasteiger partial charge in [0.05, 0.1) is 11.0 Å². The van der Waals surface area contributed by atoms with Gasteiger partial charge in [-0.05, 0) is 38.8 Å². The van der Waals surface area contributed by atoms with Gasteiger partial charge >= 0.3 is 0 Å². The van der Waals surface area contributed by atoms with Gasteiger partial charge in [0.1, 0.15) is 0 Å². The molecule has 2 rings (SSSR count). The van der Waals surface area contributed by atoms with E-state index in [9.17, 15) is 14.9 Å². The standard InChI is InChI=1S/C16H23N3O4/c1-12-14(4-2-5-15(12)19(21)22)16(20)18-9-6-13(7-10-18)23-11-3-8-17/h2,4-5,13H,3,6-11,17H2,1H3. The summed E-state index contributed by atoms with van der Waals surface area (Å²) in [5.74, 6) is -0.147. The van der Waals surface area contributed by atoms with Gasteiger partial charge in [-0.2, -0.15) is 0 Å². The minimum atomic E-state index is -0.455. The van der Waals surface area contributed by atoms with Crippen molar-refractivity contribution in [3.05, 3.63) is 39.4 Å². The third-order valence-corrected chi connectivity index (χ3v) is 4.16. The number of ether oxygens (including phenoxy) is 1. The van der Waals surface area contributed by atoms with Gasteiger partial charge in [-0.25, -0.2) is 0 Å². The molecule has 0 saturated carbocycles. The second-order valence-corrected chi connectivity index (χ2v) is 5.71. The summed E-state index contributed by atoms with van der Waals surface area (Å²) in [5.41, 5.74) is 6.24. The molecule has 1 aromatic carbocycles. The Hall–Kier alpha value is -1.99. The zero-order chi connectivity index (χ0) is 16.8. The zero-order valence-electron chi connectivity index (χ0n) is 13.4. The van der Waals surface area contributed by atoms with Gasteiger partial charge < -0.3 is 15.4 Å². The minimum absolute atomic E-state index is 0.0177. The lowest BCUT2D eigenvalue weighted by Crippen LogP contribution is -2.41. The van der Waals surface area contributed by atoms with Crippen LogP contribution in [0.5, 0.6) is 0 Å². The Kier molecular flexibility index (Phi) is 6.06. The molecule has 1 amide bonds. The molecule has 1 fully saturated rings. The van der Waals surface area contributed by atoms with Gasteiger partial charge in [0.2, 0.25) is 0 Å². The van der Waals surface area contributed by atoms with Gasteiger partial charge in [0, 0.05) is 36.9 Å². The average Bonchev–Trinajstić information content (AvgIpc) is 2.55. The highest BCUT2D eigenvalue weighted by Gasteiger charge is 2.26. The summed E-state index contributed by atoms with van der Waals surface area (Å²) >= 11 is 0. The van der Waals surface area contributed by atoms with Crippen molar-refractivity contribution in [3.8, 4) is 0 Å². The second kappa shape index (κ2) is 8.03. The fourth-order valence-electron chi connectivity index (χ4n) is 2.78. The molecule has 1 saturated heterocycles. The summed E-state index contributed by atoms with van der Waals surface area (Å²) in [5, 5.41) is 11.0. The third-order valence-electron chi connectivity index (χ3n) is 4.16. The predicted octanol–water partition coefficient (Wildman–Crippen LogP) is 1.87. The lowest BCUT2D eigenvalue weighted by Gasteiger charge is -2.32. The molecule has 0 spiro atoms. The molecule has 1 heterocycles. The first-order valence-electron chi connectivity index (χ1n) is 7.89. The molecule has 1 aromatic rings. The van der Waals surface area contributed by atoms with Crippen molar-refractivity contribution in [2.75, 3.05) is 26.2 Å². The third kappa shape index (κ3) is 4.27. The first-order valence-corrected chi connectivity index (χ1v) is 7.89.